The first-order chi connectivity index (χ1) is 11.3. The molecule has 0 bridgehead atoms. The predicted octanol–water partition coefficient (Wildman–Crippen LogP) is 3.88. The topological polar surface area (TPSA) is 76.9 Å². The molecule has 126 valence electrons. The quantitative estimate of drug-likeness (QED) is 0.710. The van der Waals surface area contributed by atoms with Crippen LogP contribution in [0.15, 0.2) is 46.0 Å². The van der Waals surface area contributed by atoms with Gasteiger partial charge in [-0.25, -0.2) is 18.1 Å². The normalized spacial score (nSPS) is 12.0. The van der Waals surface area contributed by atoms with E-state index in [4.69, 9.17) is 0 Å². The number of aryl methyl sites for hydroxylation is 1. The maximum absolute atomic E-state index is 12.6. The molecule has 0 atom stereocenters. The summed E-state index contributed by atoms with van der Waals surface area (Å²) >= 11 is 3.31. The van der Waals surface area contributed by atoms with Crippen LogP contribution in [0, 0.1) is 6.92 Å². The molecule has 0 amide bonds. The average Bonchev–Trinajstić information content (AvgIpc) is 2.89. The van der Waals surface area contributed by atoms with Crippen LogP contribution in [0.5, 0.6) is 0 Å². The van der Waals surface area contributed by atoms with E-state index in [9.17, 15) is 8.42 Å². The summed E-state index contributed by atoms with van der Waals surface area (Å²) in [7, 11) is -3.70. The van der Waals surface area contributed by atoms with E-state index in [-0.39, 0.29) is 10.9 Å². The van der Waals surface area contributed by atoms with Crippen molar-refractivity contribution in [3.63, 3.8) is 0 Å². The van der Waals surface area contributed by atoms with Crippen molar-refractivity contribution in [3.8, 4) is 0 Å². The number of hydrogen-bond acceptors (Lipinski definition) is 4. The van der Waals surface area contributed by atoms with Crippen LogP contribution in [-0.2, 0) is 10.0 Å². The third kappa shape index (κ3) is 3.16. The summed E-state index contributed by atoms with van der Waals surface area (Å²) in [6, 6.07) is 7.01. The van der Waals surface area contributed by atoms with Gasteiger partial charge in [0.15, 0.2) is 5.65 Å². The molecule has 0 aliphatic rings. The first kappa shape index (κ1) is 16.9. The highest BCUT2D eigenvalue weighted by Gasteiger charge is 2.18. The van der Waals surface area contributed by atoms with Gasteiger partial charge in [0, 0.05) is 15.9 Å². The van der Waals surface area contributed by atoms with E-state index in [0.29, 0.717) is 10.2 Å². The Hall–Kier alpha value is -1.93. The number of anilines is 1. The Morgan fingerprint density at radius 3 is 2.62 bits per heavy atom. The Balaban J connectivity index is 1.96. The van der Waals surface area contributed by atoms with Gasteiger partial charge in [0.05, 0.1) is 18.1 Å². The van der Waals surface area contributed by atoms with Gasteiger partial charge in [-0.1, -0.05) is 6.07 Å². The van der Waals surface area contributed by atoms with Crippen molar-refractivity contribution < 1.29 is 8.42 Å². The average molecular weight is 409 g/mol. The van der Waals surface area contributed by atoms with Crippen molar-refractivity contribution in [1.82, 2.24) is 14.8 Å². The van der Waals surface area contributed by atoms with E-state index in [1.165, 1.54) is 6.20 Å². The molecule has 1 N–H and O–H groups in total. The zero-order valence-corrected chi connectivity index (χ0v) is 15.9. The lowest BCUT2D eigenvalue weighted by Crippen LogP contribution is -2.14. The Bertz CT molecular complexity index is 1010. The molecule has 0 saturated carbocycles. The van der Waals surface area contributed by atoms with Crippen molar-refractivity contribution in [1.29, 1.82) is 0 Å². The van der Waals surface area contributed by atoms with Crippen molar-refractivity contribution in [2.24, 2.45) is 0 Å². The van der Waals surface area contributed by atoms with Crippen LogP contribution < -0.4 is 4.72 Å². The number of fused-ring (bicyclic) bond motifs is 1. The second kappa shape index (κ2) is 6.18. The van der Waals surface area contributed by atoms with Gasteiger partial charge in [0.2, 0.25) is 0 Å². The van der Waals surface area contributed by atoms with Crippen LogP contribution in [0.4, 0.5) is 5.69 Å². The number of aromatic nitrogens is 3. The summed E-state index contributed by atoms with van der Waals surface area (Å²) in [6.45, 7) is 5.93. The Morgan fingerprint density at radius 1 is 1.21 bits per heavy atom. The maximum Gasteiger partial charge on any atom is 0.263 e. The largest absolute Gasteiger partial charge is 0.278 e. The Labute approximate surface area is 149 Å². The molecule has 0 unspecified atom stereocenters. The number of nitrogens with one attached hydrogen (secondary N) is 1. The minimum absolute atomic E-state index is 0.182. The zero-order chi connectivity index (χ0) is 17.5. The first-order valence-electron chi connectivity index (χ1n) is 7.40. The van der Waals surface area contributed by atoms with Crippen molar-refractivity contribution in [3.05, 3.63) is 46.7 Å². The molecule has 24 heavy (non-hydrogen) atoms. The van der Waals surface area contributed by atoms with Crippen LogP contribution >= 0.6 is 15.9 Å². The summed E-state index contributed by atoms with van der Waals surface area (Å²) in [6.07, 6.45) is 3.18. The van der Waals surface area contributed by atoms with Crippen LogP contribution in [-0.4, -0.2) is 23.2 Å². The van der Waals surface area contributed by atoms with Crippen LogP contribution in [0.3, 0.4) is 0 Å². The molecule has 0 spiro atoms. The molecule has 8 heteroatoms. The fourth-order valence-electron chi connectivity index (χ4n) is 2.41. The standard InChI is InChI=1S/C16H17BrN4O2S/c1-10(2)21-16-12(8-19-21)7-13(9-18-16)20-24(22,23)15-5-4-11(3)6-14(15)17/h4-10,20H,1-3H3. The molecule has 0 fully saturated rings. The van der Waals surface area contributed by atoms with Gasteiger partial charge in [-0.3, -0.25) is 4.72 Å². The maximum atomic E-state index is 12.6. The molecule has 0 aliphatic carbocycles. The molecule has 1 aromatic carbocycles. The van der Waals surface area contributed by atoms with E-state index >= 15 is 0 Å². The summed E-state index contributed by atoms with van der Waals surface area (Å²) < 4.78 is 30.1. The number of pyridine rings is 1. The fourth-order valence-corrected chi connectivity index (χ4v) is 4.64. The van der Waals surface area contributed by atoms with E-state index < -0.39 is 10.0 Å². The minimum atomic E-state index is -3.70. The number of hydrogen-bond donors (Lipinski definition) is 1. The van der Waals surface area contributed by atoms with E-state index in [2.05, 4.69) is 30.7 Å². The highest BCUT2D eigenvalue weighted by Crippen LogP contribution is 2.26. The summed E-state index contributed by atoms with van der Waals surface area (Å²) in [5.41, 5.74) is 2.10. The van der Waals surface area contributed by atoms with Crippen LogP contribution in [0.1, 0.15) is 25.5 Å². The second-order valence-corrected chi connectivity index (χ2v) is 8.36. The highest BCUT2D eigenvalue weighted by molar-refractivity contribution is 9.10. The Morgan fingerprint density at radius 2 is 1.96 bits per heavy atom. The van der Waals surface area contributed by atoms with Gasteiger partial charge in [-0.15, -0.1) is 0 Å². The molecule has 3 aromatic rings. The van der Waals surface area contributed by atoms with Gasteiger partial charge in [-0.2, -0.15) is 5.10 Å². The molecular formula is C16H17BrN4O2S. The van der Waals surface area contributed by atoms with Crippen LogP contribution in [0.2, 0.25) is 0 Å². The van der Waals surface area contributed by atoms with Crippen molar-refractivity contribution in [2.75, 3.05) is 4.72 Å². The molecule has 0 aliphatic heterocycles. The zero-order valence-electron chi connectivity index (χ0n) is 13.5. The molecule has 6 nitrogen and oxygen atoms in total. The van der Waals surface area contributed by atoms with Crippen LogP contribution in [0.25, 0.3) is 11.0 Å². The third-order valence-corrected chi connectivity index (χ3v) is 5.91. The lowest BCUT2D eigenvalue weighted by molar-refractivity contribution is 0.546. The van der Waals surface area contributed by atoms with Gasteiger partial charge in [-0.05, 0) is 60.5 Å². The monoisotopic (exact) mass is 408 g/mol. The van der Waals surface area contributed by atoms with Gasteiger partial charge in [0.1, 0.15) is 4.90 Å². The van der Waals surface area contributed by atoms with Gasteiger partial charge >= 0.3 is 0 Å². The number of rotatable bonds is 4. The number of benzene rings is 1. The molecule has 0 radical (unpaired) electrons. The summed E-state index contributed by atoms with van der Waals surface area (Å²) in [4.78, 5) is 4.52. The predicted molar refractivity (Wildman–Crippen MR) is 97.6 cm³/mol. The summed E-state index contributed by atoms with van der Waals surface area (Å²) in [5, 5.41) is 5.07. The highest BCUT2D eigenvalue weighted by atomic mass is 79.9. The van der Waals surface area contributed by atoms with E-state index in [0.717, 1.165) is 16.6 Å². The van der Waals surface area contributed by atoms with Gasteiger partial charge in [0.25, 0.3) is 10.0 Å². The smallest absolute Gasteiger partial charge is 0.263 e. The second-order valence-electron chi connectivity index (χ2n) is 5.86. The lowest BCUT2D eigenvalue weighted by atomic mass is 10.2. The number of halogens is 1. The number of sulfonamides is 1. The van der Waals surface area contributed by atoms with Crippen molar-refractivity contribution >= 4 is 42.7 Å². The fraction of sp³-hybridized carbons (Fsp3) is 0.250. The summed E-state index contributed by atoms with van der Waals surface area (Å²) in [5.74, 6) is 0. The van der Waals surface area contributed by atoms with Crippen molar-refractivity contribution in [2.45, 2.75) is 31.7 Å². The first-order valence-corrected chi connectivity index (χ1v) is 9.68. The molecule has 3 rings (SSSR count). The molecular weight excluding hydrogens is 392 g/mol. The minimum Gasteiger partial charge on any atom is -0.278 e. The van der Waals surface area contributed by atoms with Gasteiger partial charge < -0.3 is 0 Å². The Kier molecular flexibility index (Phi) is 4.35. The molecule has 0 saturated heterocycles. The van der Waals surface area contributed by atoms with E-state index in [1.54, 1.807) is 35.1 Å². The molecule has 2 aromatic heterocycles. The number of nitrogens with zero attached hydrogens (tertiary/aromatic N) is 3. The lowest BCUT2D eigenvalue weighted by Gasteiger charge is -2.10. The molecule has 2 heterocycles. The SMILES string of the molecule is Cc1ccc(S(=O)(=O)Nc2cnc3c(cnn3C(C)C)c2)c(Br)c1. The van der Waals surface area contributed by atoms with E-state index in [1.807, 2.05) is 20.8 Å². The third-order valence-electron chi connectivity index (χ3n) is 3.55.